The number of piperidine rings is 1. The zero-order valence-corrected chi connectivity index (χ0v) is 12.9. The zero-order chi connectivity index (χ0) is 14.8. The molecule has 0 spiro atoms. The normalized spacial score (nSPS) is 26.2. The van der Waals surface area contributed by atoms with Crippen molar-refractivity contribution in [3.05, 3.63) is 48.3 Å². The highest BCUT2D eigenvalue weighted by Crippen LogP contribution is 2.29. The number of H-pyrrole nitrogens is 1. The molecule has 2 atom stereocenters. The van der Waals surface area contributed by atoms with Gasteiger partial charge in [-0.2, -0.15) is 0 Å². The van der Waals surface area contributed by atoms with Crippen LogP contribution < -0.4 is 0 Å². The van der Waals surface area contributed by atoms with E-state index in [9.17, 15) is 0 Å². The summed E-state index contributed by atoms with van der Waals surface area (Å²) in [7, 11) is 0. The molecule has 0 aliphatic carbocycles. The maximum Gasteiger partial charge on any atom is 0.120 e. The van der Waals surface area contributed by atoms with Gasteiger partial charge in [0.2, 0.25) is 0 Å². The molecule has 2 bridgehead atoms. The molecule has 3 fully saturated rings. The van der Waals surface area contributed by atoms with Gasteiger partial charge in [-0.15, -0.1) is 0 Å². The van der Waals surface area contributed by atoms with Crippen LogP contribution in [0.5, 0.6) is 0 Å². The lowest BCUT2D eigenvalue weighted by Crippen LogP contribution is -2.43. The van der Waals surface area contributed by atoms with Crippen molar-refractivity contribution in [1.29, 1.82) is 0 Å². The SMILES string of the molecule is c1cc(CN2C[C@@H]3CC[C@H](C2)N(Cc2ncc[nH]2)C3)ccn1. The van der Waals surface area contributed by atoms with Crippen LogP contribution in [0.1, 0.15) is 24.2 Å². The third-order valence-electron chi connectivity index (χ3n) is 4.97. The molecule has 0 amide bonds. The van der Waals surface area contributed by atoms with E-state index in [1.165, 1.54) is 38.0 Å². The Labute approximate surface area is 131 Å². The summed E-state index contributed by atoms with van der Waals surface area (Å²) in [4.78, 5) is 17.0. The average molecular weight is 297 g/mol. The number of rotatable bonds is 4. The van der Waals surface area contributed by atoms with E-state index in [0.717, 1.165) is 24.8 Å². The number of fused-ring (bicyclic) bond motifs is 4. The van der Waals surface area contributed by atoms with Crippen molar-refractivity contribution >= 4 is 0 Å². The molecule has 5 nitrogen and oxygen atoms in total. The summed E-state index contributed by atoms with van der Waals surface area (Å²) in [6.07, 6.45) is 10.2. The minimum atomic E-state index is 0.658. The molecular formula is C17H23N5. The van der Waals surface area contributed by atoms with E-state index >= 15 is 0 Å². The lowest BCUT2D eigenvalue weighted by Gasteiger charge is -2.35. The van der Waals surface area contributed by atoms with Gasteiger partial charge in [0.15, 0.2) is 0 Å². The Hall–Kier alpha value is -1.72. The number of hydrogen-bond donors (Lipinski definition) is 1. The summed E-state index contributed by atoms with van der Waals surface area (Å²) in [5.74, 6) is 1.88. The molecule has 3 aliphatic rings. The molecular weight excluding hydrogens is 274 g/mol. The van der Waals surface area contributed by atoms with Crippen molar-refractivity contribution in [1.82, 2.24) is 24.8 Å². The Morgan fingerprint density at radius 1 is 1.05 bits per heavy atom. The van der Waals surface area contributed by atoms with E-state index in [-0.39, 0.29) is 0 Å². The molecule has 2 aromatic rings. The molecule has 1 N–H and O–H groups in total. The first-order valence-electron chi connectivity index (χ1n) is 8.20. The van der Waals surface area contributed by atoms with Crippen LogP contribution in [0, 0.1) is 5.92 Å². The Bertz CT molecular complexity index is 582. The van der Waals surface area contributed by atoms with E-state index in [4.69, 9.17) is 0 Å². The Kier molecular flexibility index (Phi) is 3.91. The largest absolute Gasteiger partial charge is 0.348 e. The summed E-state index contributed by atoms with van der Waals surface area (Å²) in [6, 6.07) is 4.92. The number of aromatic nitrogens is 3. The molecule has 0 unspecified atom stereocenters. The number of nitrogens with one attached hydrogen (secondary N) is 1. The predicted octanol–water partition coefficient (Wildman–Crippen LogP) is 1.90. The van der Waals surface area contributed by atoms with Crippen molar-refractivity contribution in [3.63, 3.8) is 0 Å². The van der Waals surface area contributed by atoms with Gasteiger partial charge in [0.25, 0.3) is 0 Å². The first kappa shape index (κ1) is 13.9. The molecule has 5 heteroatoms. The van der Waals surface area contributed by atoms with Crippen LogP contribution in [-0.2, 0) is 13.1 Å². The maximum absolute atomic E-state index is 4.39. The van der Waals surface area contributed by atoms with Crippen molar-refractivity contribution in [2.45, 2.75) is 32.0 Å². The van der Waals surface area contributed by atoms with Crippen LogP contribution in [-0.4, -0.2) is 50.4 Å². The lowest BCUT2D eigenvalue weighted by molar-refractivity contribution is 0.120. The van der Waals surface area contributed by atoms with Gasteiger partial charge in [-0.3, -0.25) is 14.8 Å². The van der Waals surface area contributed by atoms with Crippen LogP contribution >= 0.6 is 0 Å². The monoisotopic (exact) mass is 297 g/mol. The summed E-state index contributed by atoms with van der Waals surface area (Å²) in [6.45, 7) is 5.59. The van der Waals surface area contributed by atoms with Gasteiger partial charge in [0.1, 0.15) is 5.82 Å². The summed E-state index contributed by atoms with van der Waals surface area (Å²) in [5.41, 5.74) is 1.37. The van der Waals surface area contributed by atoms with Crippen LogP contribution in [0.15, 0.2) is 36.9 Å². The third kappa shape index (κ3) is 3.05. The number of aromatic amines is 1. The molecule has 0 saturated carbocycles. The van der Waals surface area contributed by atoms with E-state index in [2.05, 4.69) is 36.9 Å². The highest BCUT2D eigenvalue weighted by atomic mass is 15.3. The Morgan fingerprint density at radius 2 is 1.95 bits per heavy atom. The second-order valence-corrected chi connectivity index (χ2v) is 6.61. The minimum Gasteiger partial charge on any atom is -0.348 e. The predicted molar refractivity (Wildman–Crippen MR) is 85.0 cm³/mol. The van der Waals surface area contributed by atoms with Gasteiger partial charge in [0.05, 0.1) is 6.54 Å². The Balaban J connectivity index is 1.44. The number of hydrogen-bond acceptors (Lipinski definition) is 4. The molecule has 2 aromatic heterocycles. The van der Waals surface area contributed by atoms with E-state index in [1.54, 1.807) is 0 Å². The van der Waals surface area contributed by atoms with Gasteiger partial charge < -0.3 is 4.98 Å². The van der Waals surface area contributed by atoms with Crippen molar-refractivity contribution in [2.75, 3.05) is 19.6 Å². The standard InChI is InChI=1S/C17H23N5/c1-2-16-12-21(9-14-3-5-18-6-4-14)10-15(1)11-22(16)13-17-19-7-8-20-17/h3-8,15-16H,1-2,9-13H2,(H,19,20)/t15-,16+/m0/s1. The molecule has 3 saturated heterocycles. The number of imidazole rings is 1. The Morgan fingerprint density at radius 3 is 2.77 bits per heavy atom. The first-order valence-corrected chi connectivity index (χ1v) is 8.20. The summed E-state index contributed by atoms with van der Waals surface area (Å²) < 4.78 is 0. The summed E-state index contributed by atoms with van der Waals surface area (Å²) >= 11 is 0. The van der Waals surface area contributed by atoms with Crippen molar-refractivity contribution < 1.29 is 0 Å². The van der Waals surface area contributed by atoms with Gasteiger partial charge >= 0.3 is 0 Å². The van der Waals surface area contributed by atoms with Crippen LogP contribution in [0.4, 0.5) is 0 Å². The van der Waals surface area contributed by atoms with Crippen LogP contribution in [0.3, 0.4) is 0 Å². The molecule has 0 aromatic carbocycles. The zero-order valence-electron chi connectivity index (χ0n) is 12.9. The van der Waals surface area contributed by atoms with E-state index < -0.39 is 0 Å². The molecule has 116 valence electrons. The molecule has 22 heavy (non-hydrogen) atoms. The van der Waals surface area contributed by atoms with Crippen LogP contribution in [0.25, 0.3) is 0 Å². The average Bonchev–Trinajstić information content (AvgIpc) is 2.89. The molecule has 0 radical (unpaired) electrons. The smallest absolute Gasteiger partial charge is 0.120 e. The fraction of sp³-hybridized carbons (Fsp3) is 0.529. The fourth-order valence-corrected chi connectivity index (χ4v) is 3.92. The van der Waals surface area contributed by atoms with E-state index in [0.29, 0.717) is 6.04 Å². The number of nitrogens with zero attached hydrogens (tertiary/aromatic N) is 4. The van der Waals surface area contributed by atoms with Crippen LogP contribution in [0.2, 0.25) is 0 Å². The quantitative estimate of drug-likeness (QED) is 0.936. The highest BCUT2D eigenvalue weighted by Gasteiger charge is 2.34. The number of pyridine rings is 1. The van der Waals surface area contributed by atoms with Gasteiger partial charge in [0, 0.05) is 57.0 Å². The lowest BCUT2D eigenvalue weighted by atomic mass is 9.95. The summed E-state index contributed by atoms with van der Waals surface area (Å²) in [5, 5.41) is 0. The van der Waals surface area contributed by atoms with Crippen molar-refractivity contribution in [2.24, 2.45) is 5.92 Å². The highest BCUT2D eigenvalue weighted by molar-refractivity contribution is 5.10. The second kappa shape index (κ2) is 6.18. The molecule has 3 aliphatic heterocycles. The van der Waals surface area contributed by atoms with E-state index in [1.807, 2.05) is 24.8 Å². The second-order valence-electron chi connectivity index (χ2n) is 6.61. The topological polar surface area (TPSA) is 48.0 Å². The van der Waals surface area contributed by atoms with Gasteiger partial charge in [-0.05, 0) is 36.5 Å². The van der Waals surface area contributed by atoms with Crippen molar-refractivity contribution in [3.8, 4) is 0 Å². The van der Waals surface area contributed by atoms with Gasteiger partial charge in [-0.1, -0.05) is 0 Å². The molecule has 5 heterocycles. The maximum atomic E-state index is 4.39. The third-order valence-corrected chi connectivity index (χ3v) is 4.97. The first-order chi connectivity index (χ1) is 10.9. The molecule has 5 rings (SSSR count). The fourth-order valence-electron chi connectivity index (χ4n) is 3.92. The minimum absolute atomic E-state index is 0.658. The van der Waals surface area contributed by atoms with Gasteiger partial charge in [-0.25, -0.2) is 4.98 Å².